The van der Waals surface area contributed by atoms with E-state index >= 15 is 0 Å². The van der Waals surface area contributed by atoms with E-state index in [0.29, 0.717) is 26.2 Å². The molecule has 2 rings (SSSR count). The summed E-state index contributed by atoms with van der Waals surface area (Å²) < 4.78 is 10.0. The fourth-order valence-corrected chi connectivity index (χ4v) is 2.27. The van der Waals surface area contributed by atoms with Crippen LogP contribution in [0.3, 0.4) is 0 Å². The molecule has 0 aromatic carbocycles. The number of ether oxygens (including phenoxy) is 1. The van der Waals surface area contributed by atoms with Gasteiger partial charge in [-0.25, -0.2) is 9.59 Å². The molecule has 0 saturated carbocycles. The number of nitrogens with zero attached hydrogens (tertiary/aromatic N) is 2. The molecule has 2 heterocycles. The van der Waals surface area contributed by atoms with Crippen LogP contribution in [0.15, 0.2) is 16.5 Å². The van der Waals surface area contributed by atoms with Crippen LogP contribution < -0.4 is 5.32 Å². The van der Waals surface area contributed by atoms with Crippen molar-refractivity contribution in [3.63, 3.8) is 0 Å². The molecule has 1 aliphatic rings. The number of hydrogen-bond acceptors (Lipinski definition) is 5. The summed E-state index contributed by atoms with van der Waals surface area (Å²) in [5.74, 6) is 0.470. The van der Waals surface area contributed by atoms with Crippen LogP contribution in [0.2, 0.25) is 0 Å². The Morgan fingerprint density at radius 3 is 2.62 bits per heavy atom. The molecule has 0 spiro atoms. The van der Waals surface area contributed by atoms with Gasteiger partial charge >= 0.3 is 12.0 Å². The molecule has 0 unspecified atom stereocenters. The molecule has 116 valence electrons. The molecule has 7 nitrogen and oxygen atoms in total. The van der Waals surface area contributed by atoms with Crippen LogP contribution in [-0.4, -0.2) is 61.6 Å². The SMILES string of the molecule is CCNC(=O)N1CCN(Cc2ccc(C(=O)OC)o2)CC1. The highest BCUT2D eigenvalue weighted by Gasteiger charge is 2.21. The Labute approximate surface area is 123 Å². The van der Waals surface area contributed by atoms with Crippen LogP contribution in [0.1, 0.15) is 23.2 Å². The van der Waals surface area contributed by atoms with E-state index in [1.165, 1.54) is 7.11 Å². The van der Waals surface area contributed by atoms with E-state index in [-0.39, 0.29) is 11.8 Å². The first-order chi connectivity index (χ1) is 10.1. The van der Waals surface area contributed by atoms with Crippen molar-refractivity contribution in [2.24, 2.45) is 0 Å². The minimum Gasteiger partial charge on any atom is -0.463 e. The Balaban J connectivity index is 1.82. The van der Waals surface area contributed by atoms with Crippen LogP contribution in [0.25, 0.3) is 0 Å². The van der Waals surface area contributed by atoms with Crippen molar-refractivity contribution in [2.75, 3.05) is 39.8 Å². The summed E-state index contributed by atoms with van der Waals surface area (Å²) in [5.41, 5.74) is 0. The molecule has 1 aliphatic heterocycles. The Bertz CT molecular complexity index is 492. The maximum atomic E-state index is 11.7. The molecular weight excluding hydrogens is 274 g/mol. The molecule has 1 aromatic heterocycles. The van der Waals surface area contributed by atoms with Gasteiger partial charge < -0.3 is 19.4 Å². The number of methoxy groups -OCH3 is 1. The molecule has 1 saturated heterocycles. The Kier molecular flexibility index (Phi) is 5.21. The molecule has 7 heteroatoms. The molecule has 0 bridgehead atoms. The van der Waals surface area contributed by atoms with Gasteiger partial charge in [-0.1, -0.05) is 0 Å². The number of rotatable bonds is 4. The van der Waals surface area contributed by atoms with Crippen molar-refractivity contribution < 1.29 is 18.7 Å². The summed E-state index contributed by atoms with van der Waals surface area (Å²) in [6.07, 6.45) is 0. The van der Waals surface area contributed by atoms with Gasteiger partial charge in [-0.05, 0) is 19.1 Å². The summed E-state index contributed by atoms with van der Waals surface area (Å²) in [4.78, 5) is 27.0. The number of hydrogen-bond donors (Lipinski definition) is 1. The van der Waals surface area contributed by atoms with Gasteiger partial charge in [0.1, 0.15) is 5.76 Å². The molecule has 0 aliphatic carbocycles. The number of amides is 2. The van der Waals surface area contributed by atoms with Gasteiger partial charge in [0.25, 0.3) is 0 Å². The zero-order valence-electron chi connectivity index (χ0n) is 12.4. The van der Waals surface area contributed by atoms with Crippen LogP contribution in [0.4, 0.5) is 4.79 Å². The third kappa shape index (κ3) is 3.98. The van der Waals surface area contributed by atoms with E-state index in [4.69, 9.17) is 4.42 Å². The lowest BCUT2D eigenvalue weighted by Gasteiger charge is -2.34. The molecule has 0 radical (unpaired) electrons. The Morgan fingerprint density at radius 2 is 2.00 bits per heavy atom. The van der Waals surface area contributed by atoms with E-state index in [1.807, 2.05) is 11.8 Å². The highest BCUT2D eigenvalue weighted by molar-refractivity contribution is 5.86. The first-order valence-electron chi connectivity index (χ1n) is 7.06. The van der Waals surface area contributed by atoms with Gasteiger partial charge in [-0.15, -0.1) is 0 Å². The van der Waals surface area contributed by atoms with E-state index in [0.717, 1.165) is 18.8 Å². The largest absolute Gasteiger partial charge is 0.463 e. The maximum Gasteiger partial charge on any atom is 0.373 e. The average Bonchev–Trinajstić information content (AvgIpc) is 2.96. The van der Waals surface area contributed by atoms with E-state index in [1.54, 1.807) is 12.1 Å². The zero-order valence-corrected chi connectivity index (χ0v) is 12.4. The van der Waals surface area contributed by atoms with Gasteiger partial charge in [0.2, 0.25) is 5.76 Å². The van der Waals surface area contributed by atoms with E-state index in [9.17, 15) is 9.59 Å². The van der Waals surface area contributed by atoms with Crippen molar-refractivity contribution in [1.29, 1.82) is 0 Å². The highest BCUT2D eigenvalue weighted by atomic mass is 16.5. The average molecular weight is 295 g/mol. The summed E-state index contributed by atoms with van der Waals surface area (Å²) >= 11 is 0. The van der Waals surface area contributed by atoms with Gasteiger partial charge in [0.15, 0.2) is 0 Å². The van der Waals surface area contributed by atoms with Crippen LogP contribution >= 0.6 is 0 Å². The molecule has 1 fully saturated rings. The van der Waals surface area contributed by atoms with Crippen molar-refractivity contribution >= 4 is 12.0 Å². The second kappa shape index (κ2) is 7.12. The number of urea groups is 1. The fraction of sp³-hybridized carbons (Fsp3) is 0.571. The summed E-state index contributed by atoms with van der Waals surface area (Å²) in [6, 6.07) is 3.39. The standard InChI is InChI=1S/C14H21N3O4/c1-3-15-14(19)17-8-6-16(7-9-17)10-11-4-5-12(21-11)13(18)20-2/h4-5H,3,6-10H2,1-2H3,(H,15,19). The minimum atomic E-state index is -0.470. The van der Waals surface area contributed by atoms with Crippen molar-refractivity contribution in [2.45, 2.75) is 13.5 Å². The summed E-state index contributed by atoms with van der Waals surface area (Å²) in [7, 11) is 1.32. The molecule has 21 heavy (non-hydrogen) atoms. The number of carbonyl (C=O) groups is 2. The molecule has 0 atom stereocenters. The second-order valence-electron chi connectivity index (χ2n) is 4.86. The Hall–Kier alpha value is -2.02. The third-order valence-corrected chi connectivity index (χ3v) is 3.42. The van der Waals surface area contributed by atoms with Gasteiger partial charge in [0.05, 0.1) is 13.7 Å². The molecule has 1 N–H and O–H groups in total. The fourth-order valence-electron chi connectivity index (χ4n) is 2.27. The maximum absolute atomic E-state index is 11.7. The van der Waals surface area contributed by atoms with Crippen LogP contribution in [-0.2, 0) is 11.3 Å². The third-order valence-electron chi connectivity index (χ3n) is 3.42. The zero-order chi connectivity index (χ0) is 15.2. The topological polar surface area (TPSA) is 75.0 Å². The second-order valence-corrected chi connectivity index (χ2v) is 4.86. The predicted molar refractivity (Wildman–Crippen MR) is 76.0 cm³/mol. The van der Waals surface area contributed by atoms with Crippen LogP contribution in [0, 0.1) is 0 Å². The molecule has 1 aromatic rings. The summed E-state index contributed by atoms with van der Waals surface area (Å²) in [5, 5.41) is 2.80. The summed E-state index contributed by atoms with van der Waals surface area (Å²) in [6.45, 7) is 6.12. The number of nitrogens with one attached hydrogen (secondary N) is 1. The van der Waals surface area contributed by atoms with Crippen molar-refractivity contribution in [3.8, 4) is 0 Å². The highest BCUT2D eigenvalue weighted by Crippen LogP contribution is 2.13. The lowest BCUT2D eigenvalue weighted by Crippen LogP contribution is -2.51. The number of esters is 1. The number of piperazine rings is 1. The minimum absolute atomic E-state index is 0.0110. The lowest BCUT2D eigenvalue weighted by atomic mass is 10.3. The van der Waals surface area contributed by atoms with Gasteiger partial charge in [-0.3, -0.25) is 4.90 Å². The quantitative estimate of drug-likeness (QED) is 0.836. The lowest BCUT2D eigenvalue weighted by molar-refractivity contribution is 0.0559. The first-order valence-corrected chi connectivity index (χ1v) is 7.06. The number of carbonyl (C=O) groups excluding carboxylic acids is 2. The Morgan fingerprint density at radius 1 is 1.29 bits per heavy atom. The predicted octanol–water partition coefficient (Wildman–Crippen LogP) is 0.913. The van der Waals surface area contributed by atoms with Gasteiger partial charge in [-0.2, -0.15) is 0 Å². The normalized spacial score (nSPS) is 15.8. The van der Waals surface area contributed by atoms with Crippen molar-refractivity contribution in [1.82, 2.24) is 15.1 Å². The van der Waals surface area contributed by atoms with Crippen LogP contribution in [0.5, 0.6) is 0 Å². The van der Waals surface area contributed by atoms with Crippen molar-refractivity contribution in [3.05, 3.63) is 23.7 Å². The molecular formula is C14H21N3O4. The first kappa shape index (κ1) is 15.4. The molecule has 2 amide bonds. The number of furan rings is 1. The monoisotopic (exact) mass is 295 g/mol. The van der Waals surface area contributed by atoms with Gasteiger partial charge in [0, 0.05) is 32.7 Å². The smallest absolute Gasteiger partial charge is 0.373 e. The van der Waals surface area contributed by atoms with E-state index < -0.39 is 5.97 Å². The van der Waals surface area contributed by atoms with E-state index in [2.05, 4.69) is 15.0 Å².